The van der Waals surface area contributed by atoms with Crippen LogP contribution in [-0.2, 0) is 19.9 Å². The molecule has 1 amide bonds. The first kappa shape index (κ1) is 27.3. The number of aryl methyl sites for hydroxylation is 1. The predicted octanol–water partition coefficient (Wildman–Crippen LogP) is 1.81. The van der Waals surface area contributed by atoms with Crippen LogP contribution >= 0.6 is 11.3 Å². The van der Waals surface area contributed by atoms with Gasteiger partial charge in [-0.2, -0.15) is 10.2 Å². The van der Waals surface area contributed by atoms with Crippen LogP contribution in [0, 0.1) is 6.92 Å². The van der Waals surface area contributed by atoms with Gasteiger partial charge in [0.05, 0.1) is 43.0 Å². The number of ether oxygens (including phenoxy) is 1. The van der Waals surface area contributed by atoms with Gasteiger partial charge in [-0.05, 0) is 48.5 Å². The summed E-state index contributed by atoms with van der Waals surface area (Å²) in [4.78, 5) is 53.5. The largest absolute Gasteiger partial charge is 0.481 e. The highest BCUT2D eigenvalue weighted by Gasteiger charge is 2.37. The van der Waals surface area contributed by atoms with Gasteiger partial charge in [0, 0.05) is 11.6 Å². The lowest BCUT2D eigenvalue weighted by atomic mass is 10.0. The van der Waals surface area contributed by atoms with Gasteiger partial charge >= 0.3 is 11.7 Å². The molecule has 12 nitrogen and oxygen atoms in total. The van der Waals surface area contributed by atoms with Crippen molar-refractivity contribution in [3.05, 3.63) is 38.8 Å². The first-order valence-corrected chi connectivity index (χ1v) is 12.4. The number of fused-ring (bicyclic) bond motifs is 1. The molecule has 2 atom stereocenters. The van der Waals surface area contributed by atoms with Crippen LogP contribution in [0.4, 0.5) is 0 Å². The zero-order valence-electron chi connectivity index (χ0n) is 21.4. The molecule has 0 aromatic carbocycles. The van der Waals surface area contributed by atoms with Crippen molar-refractivity contribution in [3.63, 3.8) is 0 Å². The number of nitrogens with zero attached hydrogens (tertiary/aromatic N) is 5. The summed E-state index contributed by atoms with van der Waals surface area (Å²) in [6, 6.07) is -0.790. The van der Waals surface area contributed by atoms with E-state index in [1.54, 1.807) is 34.6 Å². The van der Waals surface area contributed by atoms with Gasteiger partial charge in [0.15, 0.2) is 0 Å². The van der Waals surface area contributed by atoms with E-state index in [2.05, 4.69) is 15.5 Å². The Morgan fingerprint density at radius 3 is 2.33 bits per heavy atom. The molecule has 13 heteroatoms. The third-order valence-corrected chi connectivity index (χ3v) is 7.31. The number of nitrogens with one attached hydrogen (secondary N) is 1. The minimum Gasteiger partial charge on any atom is -0.481 e. The molecule has 36 heavy (non-hydrogen) atoms. The number of carboxylic acid groups (broad SMARTS) is 1. The SMILES string of the molecule is Cc1c(-n2nccn2)sc2c1c(=O)n(C(C)(C)C(=O)NC(C)C)c(=O)n2C(C)[C@@H](C)OCCC(=O)O. The zero-order chi connectivity index (χ0) is 26.9. The second kappa shape index (κ2) is 10.3. The monoisotopic (exact) mass is 520 g/mol. The number of hydrogen-bond donors (Lipinski definition) is 2. The van der Waals surface area contributed by atoms with E-state index >= 15 is 0 Å². The molecule has 2 N–H and O–H groups in total. The van der Waals surface area contributed by atoms with Crippen LogP contribution in [0.1, 0.15) is 59.6 Å². The maximum absolute atomic E-state index is 13.9. The minimum absolute atomic E-state index is 0.0351. The van der Waals surface area contributed by atoms with Gasteiger partial charge in [-0.15, -0.1) is 4.80 Å². The lowest BCUT2D eigenvalue weighted by Crippen LogP contribution is -2.57. The quantitative estimate of drug-likeness (QED) is 0.411. The summed E-state index contributed by atoms with van der Waals surface area (Å²) in [5.74, 6) is -1.46. The third kappa shape index (κ3) is 4.98. The van der Waals surface area contributed by atoms with Gasteiger partial charge in [0.25, 0.3) is 5.56 Å². The lowest BCUT2D eigenvalue weighted by Gasteiger charge is -2.30. The normalized spacial score (nSPS) is 13.8. The summed E-state index contributed by atoms with van der Waals surface area (Å²) in [6.45, 7) is 11.8. The van der Waals surface area contributed by atoms with Crippen molar-refractivity contribution in [3.8, 4) is 5.00 Å². The van der Waals surface area contributed by atoms with E-state index in [9.17, 15) is 19.2 Å². The molecule has 3 aromatic heterocycles. The number of aromatic nitrogens is 5. The number of carbonyl (C=O) groups is 2. The number of amides is 1. The van der Waals surface area contributed by atoms with Crippen molar-refractivity contribution in [2.24, 2.45) is 0 Å². The molecule has 0 aliphatic heterocycles. The fraction of sp³-hybridized carbons (Fsp3) is 0.565. The predicted molar refractivity (Wildman–Crippen MR) is 135 cm³/mol. The molecule has 196 valence electrons. The van der Waals surface area contributed by atoms with Crippen molar-refractivity contribution in [1.29, 1.82) is 0 Å². The molecule has 0 radical (unpaired) electrons. The maximum Gasteiger partial charge on any atom is 0.333 e. The van der Waals surface area contributed by atoms with Gasteiger partial charge in [0.2, 0.25) is 5.91 Å². The number of carbonyl (C=O) groups excluding carboxylic acids is 1. The van der Waals surface area contributed by atoms with E-state index in [0.717, 1.165) is 4.57 Å². The third-order valence-electron chi connectivity index (χ3n) is 6.05. The molecule has 1 unspecified atom stereocenters. The lowest BCUT2D eigenvalue weighted by molar-refractivity contribution is -0.138. The molecule has 3 heterocycles. The van der Waals surface area contributed by atoms with Gasteiger partial charge in [-0.1, -0.05) is 11.3 Å². The molecule has 0 saturated heterocycles. The molecule has 0 aliphatic rings. The highest BCUT2D eigenvalue weighted by Crippen LogP contribution is 2.33. The van der Waals surface area contributed by atoms with Crippen molar-refractivity contribution >= 4 is 33.4 Å². The summed E-state index contributed by atoms with van der Waals surface area (Å²) in [5.41, 5.74) is -2.18. The van der Waals surface area contributed by atoms with Crippen LogP contribution in [0.25, 0.3) is 15.2 Å². The number of aliphatic carboxylic acids is 1. The standard InChI is InChI=1S/C23H32N6O6S/c1-12(2)26-21(33)23(6,7)28-18(32)17-13(3)19(29-24-9-10-25-29)36-20(17)27(22(28)34)14(4)15(5)35-11-8-16(30)31/h9-10,12,14-15H,8,11H2,1-7H3,(H,26,33)(H,30,31)/t14?,15-/m1/s1. The Kier molecular flexibility index (Phi) is 7.84. The van der Waals surface area contributed by atoms with Gasteiger partial charge in [0.1, 0.15) is 15.4 Å². The smallest absolute Gasteiger partial charge is 0.333 e. The van der Waals surface area contributed by atoms with E-state index in [0.29, 0.717) is 15.4 Å². The van der Waals surface area contributed by atoms with Crippen molar-refractivity contribution < 1.29 is 19.4 Å². The first-order chi connectivity index (χ1) is 16.8. The fourth-order valence-corrected chi connectivity index (χ4v) is 5.19. The van der Waals surface area contributed by atoms with E-state index in [1.165, 1.54) is 46.9 Å². The van der Waals surface area contributed by atoms with E-state index in [-0.39, 0.29) is 24.5 Å². The molecular formula is C23H32N6O6S. The van der Waals surface area contributed by atoms with Crippen LogP contribution in [0.2, 0.25) is 0 Å². The van der Waals surface area contributed by atoms with Crippen LogP contribution in [-0.4, -0.2) is 59.9 Å². The van der Waals surface area contributed by atoms with Crippen LogP contribution in [0.15, 0.2) is 22.0 Å². The molecule has 0 spiro atoms. The number of thiophene rings is 1. The molecular weight excluding hydrogens is 488 g/mol. The topological polar surface area (TPSA) is 150 Å². The van der Waals surface area contributed by atoms with Crippen molar-refractivity contribution in [2.45, 2.75) is 78.6 Å². The Bertz CT molecular complexity index is 1380. The average molecular weight is 521 g/mol. The van der Waals surface area contributed by atoms with Crippen molar-refractivity contribution in [2.75, 3.05) is 6.61 Å². The molecule has 0 fully saturated rings. The van der Waals surface area contributed by atoms with Crippen LogP contribution in [0.5, 0.6) is 0 Å². The molecule has 3 rings (SSSR count). The summed E-state index contributed by atoms with van der Waals surface area (Å²) in [6.07, 6.45) is 2.26. The Morgan fingerprint density at radius 2 is 1.78 bits per heavy atom. The second-order valence-electron chi connectivity index (χ2n) is 9.47. The maximum atomic E-state index is 13.9. The zero-order valence-corrected chi connectivity index (χ0v) is 22.3. The summed E-state index contributed by atoms with van der Waals surface area (Å²) < 4.78 is 8.13. The highest BCUT2D eigenvalue weighted by molar-refractivity contribution is 7.21. The molecule has 3 aromatic rings. The molecule has 0 bridgehead atoms. The number of rotatable bonds is 10. The minimum atomic E-state index is -1.50. The average Bonchev–Trinajstić information content (AvgIpc) is 3.40. The molecule has 0 aliphatic carbocycles. The van der Waals surface area contributed by atoms with E-state index < -0.39 is 40.8 Å². The fourth-order valence-electron chi connectivity index (χ4n) is 3.89. The van der Waals surface area contributed by atoms with E-state index in [1.807, 2.05) is 0 Å². The summed E-state index contributed by atoms with van der Waals surface area (Å²) >= 11 is 1.19. The highest BCUT2D eigenvalue weighted by atomic mass is 32.1. The summed E-state index contributed by atoms with van der Waals surface area (Å²) in [5, 5.41) is 20.9. The Balaban J connectivity index is 2.30. The van der Waals surface area contributed by atoms with Crippen LogP contribution < -0.4 is 16.6 Å². The second-order valence-corrected chi connectivity index (χ2v) is 10.4. The van der Waals surface area contributed by atoms with E-state index in [4.69, 9.17) is 9.84 Å². The first-order valence-electron chi connectivity index (χ1n) is 11.6. The van der Waals surface area contributed by atoms with Crippen molar-refractivity contribution in [1.82, 2.24) is 29.4 Å². The number of carboxylic acids is 1. The Morgan fingerprint density at radius 1 is 1.17 bits per heavy atom. The number of hydrogen-bond acceptors (Lipinski definition) is 8. The summed E-state index contributed by atoms with van der Waals surface area (Å²) in [7, 11) is 0. The Hall–Kier alpha value is -3.32. The van der Waals surface area contributed by atoms with Gasteiger partial charge in [-0.3, -0.25) is 19.0 Å². The Labute approximate surface area is 211 Å². The van der Waals surface area contributed by atoms with Crippen LogP contribution in [0.3, 0.4) is 0 Å². The van der Waals surface area contributed by atoms with Gasteiger partial charge < -0.3 is 15.2 Å². The van der Waals surface area contributed by atoms with Gasteiger partial charge in [-0.25, -0.2) is 9.36 Å². The molecule has 0 saturated carbocycles.